The number of nitrogens with zero attached hydrogens (tertiary/aromatic N) is 1. The zero-order chi connectivity index (χ0) is 15.6. The lowest BCUT2D eigenvalue weighted by molar-refractivity contribution is -0.149. The number of benzene rings is 1. The minimum absolute atomic E-state index is 0.0806. The van der Waals surface area contributed by atoms with Gasteiger partial charge in [0.05, 0.1) is 24.7 Å². The molecular formula is C18H27NO2. The molecule has 116 valence electrons. The van der Waals surface area contributed by atoms with Crippen molar-refractivity contribution >= 4 is 5.91 Å². The van der Waals surface area contributed by atoms with E-state index in [1.54, 1.807) is 0 Å². The number of rotatable bonds is 3. The van der Waals surface area contributed by atoms with E-state index in [1.165, 1.54) is 5.56 Å². The van der Waals surface area contributed by atoms with Crippen molar-refractivity contribution < 1.29 is 9.53 Å². The summed E-state index contributed by atoms with van der Waals surface area (Å²) >= 11 is 0. The van der Waals surface area contributed by atoms with Gasteiger partial charge in [0.25, 0.3) is 0 Å². The Morgan fingerprint density at radius 2 is 1.86 bits per heavy atom. The van der Waals surface area contributed by atoms with Gasteiger partial charge in [-0.3, -0.25) is 4.79 Å². The van der Waals surface area contributed by atoms with Gasteiger partial charge in [-0.2, -0.15) is 0 Å². The van der Waals surface area contributed by atoms with Crippen LogP contribution in [0.25, 0.3) is 0 Å². The Morgan fingerprint density at radius 1 is 1.24 bits per heavy atom. The summed E-state index contributed by atoms with van der Waals surface area (Å²) in [6.07, 6.45) is 0. The van der Waals surface area contributed by atoms with E-state index in [4.69, 9.17) is 4.74 Å². The predicted octanol–water partition coefficient (Wildman–Crippen LogP) is 3.37. The van der Waals surface area contributed by atoms with Crippen molar-refractivity contribution in [2.45, 2.75) is 46.1 Å². The van der Waals surface area contributed by atoms with Gasteiger partial charge >= 0.3 is 0 Å². The van der Waals surface area contributed by atoms with Crippen LogP contribution in [0.4, 0.5) is 0 Å². The zero-order valence-corrected chi connectivity index (χ0v) is 13.8. The average molecular weight is 289 g/mol. The molecule has 0 aliphatic carbocycles. The van der Waals surface area contributed by atoms with Crippen LogP contribution in [0.3, 0.4) is 0 Å². The van der Waals surface area contributed by atoms with Crippen molar-refractivity contribution in [2.24, 2.45) is 5.92 Å². The van der Waals surface area contributed by atoms with E-state index < -0.39 is 0 Å². The van der Waals surface area contributed by atoms with Gasteiger partial charge in [0, 0.05) is 6.54 Å². The average Bonchev–Trinajstić information content (AvgIpc) is 2.40. The fraction of sp³-hybridized carbons (Fsp3) is 0.611. The molecule has 1 amide bonds. The van der Waals surface area contributed by atoms with Gasteiger partial charge in [-0.1, -0.05) is 43.7 Å². The first kappa shape index (κ1) is 16.0. The molecule has 0 N–H and O–H groups in total. The molecule has 0 spiro atoms. The van der Waals surface area contributed by atoms with Crippen molar-refractivity contribution in [1.29, 1.82) is 0 Å². The highest BCUT2D eigenvalue weighted by atomic mass is 16.5. The van der Waals surface area contributed by atoms with Crippen LogP contribution in [0.15, 0.2) is 24.3 Å². The molecule has 1 aliphatic rings. The van der Waals surface area contributed by atoms with Gasteiger partial charge in [-0.25, -0.2) is 0 Å². The Hall–Kier alpha value is -1.35. The number of carbonyl (C=O) groups is 1. The fourth-order valence-electron chi connectivity index (χ4n) is 3.02. The molecule has 21 heavy (non-hydrogen) atoms. The molecule has 1 heterocycles. The Kier molecular flexibility index (Phi) is 4.72. The molecule has 0 bridgehead atoms. The summed E-state index contributed by atoms with van der Waals surface area (Å²) in [6.45, 7) is 12.4. The topological polar surface area (TPSA) is 29.5 Å². The molecule has 1 aliphatic heterocycles. The van der Waals surface area contributed by atoms with E-state index >= 15 is 0 Å². The second-order valence-corrected chi connectivity index (χ2v) is 6.99. The third-order valence-corrected chi connectivity index (χ3v) is 4.28. The Bertz CT molecular complexity index is 490. The van der Waals surface area contributed by atoms with E-state index in [-0.39, 0.29) is 23.3 Å². The van der Waals surface area contributed by atoms with Crippen molar-refractivity contribution in [1.82, 2.24) is 4.90 Å². The monoisotopic (exact) mass is 289 g/mol. The normalized spacial score (nSPS) is 19.6. The van der Waals surface area contributed by atoms with E-state index in [9.17, 15) is 4.79 Å². The zero-order valence-electron chi connectivity index (χ0n) is 13.8. The third-order valence-electron chi connectivity index (χ3n) is 4.28. The molecule has 1 aromatic rings. The summed E-state index contributed by atoms with van der Waals surface area (Å²) in [7, 11) is 0. The maximum absolute atomic E-state index is 13.1. The second kappa shape index (κ2) is 6.18. The molecule has 0 saturated carbocycles. The molecule has 1 aromatic carbocycles. The highest BCUT2D eigenvalue weighted by Crippen LogP contribution is 2.31. The van der Waals surface area contributed by atoms with Gasteiger partial charge in [-0.15, -0.1) is 0 Å². The second-order valence-electron chi connectivity index (χ2n) is 6.99. The SMILES string of the molecule is Cc1ccc(C(C(=O)N2CCOCC2(C)C)C(C)C)cc1. The van der Waals surface area contributed by atoms with Crippen molar-refractivity contribution in [3.63, 3.8) is 0 Å². The van der Waals surface area contributed by atoms with E-state index in [0.29, 0.717) is 19.8 Å². The van der Waals surface area contributed by atoms with Crippen LogP contribution in [0.1, 0.15) is 44.7 Å². The molecule has 1 fully saturated rings. The van der Waals surface area contributed by atoms with Crippen LogP contribution < -0.4 is 0 Å². The number of carbonyl (C=O) groups excluding carboxylic acids is 1. The number of hydrogen-bond donors (Lipinski definition) is 0. The summed E-state index contributed by atoms with van der Waals surface area (Å²) in [6, 6.07) is 8.35. The largest absolute Gasteiger partial charge is 0.377 e. The van der Waals surface area contributed by atoms with Gasteiger partial charge in [-0.05, 0) is 32.3 Å². The summed E-state index contributed by atoms with van der Waals surface area (Å²) in [5, 5.41) is 0. The Balaban J connectivity index is 2.29. The van der Waals surface area contributed by atoms with Gasteiger partial charge in [0.1, 0.15) is 0 Å². The summed E-state index contributed by atoms with van der Waals surface area (Å²) < 4.78 is 5.53. The summed E-state index contributed by atoms with van der Waals surface area (Å²) in [4.78, 5) is 15.1. The summed E-state index contributed by atoms with van der Waals surface area (Å²) in [5.41, 5.74) is 2.11. The van der Waals surface area contributed by atoms with Crippen molar-refractivity contribution in [2.75, 3.05) is 19.8 Å². The standard InChI is InChI=1S/C18H27NO2/c1-13(2)16(15-8-6-14(3)7-9-15)17(20)19-10-11-21-12-18(19,4)5/h6-9,13,16H,10-12H2,1-5H3. The van der Waals surface area contributed by atoms with Crippen LogP contribution in [0.2, 0.25) is 0 Å². The molecule has 2 rings (SSSR count). The number of amides is 1. The minimum Gasteiger partial charge on any atom is -0.377 e. The molecule has 3 heteroatoms. The number of ether oxygens (including phenoxy) is 1. The summed E-state index contributed by atoms with van der Waals surface area (Å²) in [5.74, 6) is 0.420. The fourth-order valence-corrected chi connectivity index (χ4v) is 3.02. The van der Waals surface area contributed by atoms with E-state index in [2.05, 4.69) is 58.9 Å². The first-order valence-electron chi connectivity index (χ1n) is 7.79. The number of aryl methyl sites for hydroxylation is 1. The smallest absolute Gasteiger partial charge is 0.230 e. The number of hydrogen-bond acceptors (Lipinski definition) is 2. The van der Waals surface area contributed by atoms with Crippen molar-refractivity contribution in [3.05, 3.63) is 35.4 Å². The third kappa shape index (κ3) is 3.46. The lowest BCUT2D eigenvalue weighted by atomic mass is 9.85. The van der Waals surface area contributed by atoms with Crippen LogP contribution in [-0.4, -0.2) is 36.1 Å². The highest BCUT2D eigenvalue weighted by Gasteiger charge is 2.38. The lowest BCUT2D eigenvalue weighted by Crippen LogP contribution is -2.57. The van der Waals surface area contributed by atoms with E-state index in [0.717, 1.165) is 5.56 Å². The molecule has 3 nitrogen and oxygen atoms in total. The first-order chi connectivity index (χ1) is 9.83. The van der Waals surface area contributed by atoms with Gasteiger partial charge in [0.2, 0.25) is 5.91 Å². The first-order valence-corrected chi connectivity index (χ1v) is 7.79. The molecule has 0 radical (unpaired) electrons. The maximum Gasteiger partial charge on any atom is 0.230 e. The molecule has 0 aromatic heterocycles. The molecule has 1 saturated heterocycles. The van der Waals surface area contributed by atoms with Gasteiger partial charge in [0.15, 0.2) is 0 Å². The maximum atomic E-state index is 13.1. The minimum atomic E-state index is -0.229. The van der Waals surface area contributed by atoms with Gasteiger partial charge < -0.3 is 9.64 Å². The molecular weight excluding hydrogens is 262 g/mol. The Labute approximate surface area is 128 Å². The van der Waals surface area contributed by atoms with Crippen LogP contribution >= 0.6 is 0 Å². The van der Waals surface area contributed by atoms with Crippen LogP contribution in [-0.2, 0) is 9.53 Å². The predicted molar refractivity (Wildman–Crippen MR) is 85.4 cm³/mol. The number of morpholine rings is 1. The quantitative estimate of drug-likeness (QED) is 0.854. The van der Waals surface area contributed by atoms with Crippen LogP contribution in [0.5, 0.6) is 0 Å². The lowest BCUT2D eigenvalue weighted by Gasteiger charge is -2.44. The van der Waals surface area contributed by atoms with Crippen molar-refractivity contribution in [3.8, 4) is 0 Å². The molecule has 1 unspecified atom stereocenters. The molecule has 1 atom stereocenters. The van der Waals surface area contributed by atoms with E-state index in [1.807, 2.05) is 4.90 Å². The Morgan fingerprint density at radius 3 is 2.38 bits per heavy atom. The van der Waals surface area contributed by atoms with Crippen LogP contribution in [0, 0.1) is 12.8 Å². The highest BCUT2D eigenvalue weighted by molar-refractivity contribution is 5.84.